The Morgan fingerprint density at radius 2 is 1.03 bits per heavy atom. The van der Waals surface area contributed by atoms with Gasteiger partial charge in [-0.2, -0.15) is 0 Å². The number of nitro groups is 2. The molecule has 0 amide bonds. The van der Waals surface area contributed by atoms with Crippen LogP contribution in [-0.4, -0.2) is 9.85 Å². The van der Waals surface area contributed by atoms with Crippen LogP contribution in [0.15, 0.2) is 34.6 Å². The van der Waals surface area contributed by atoms with Gasteiger partial charge in [0.25, 0.3) is 11.4 Å². The number of nitrogens with one attached hydrogen (secondary N) is 1. The first-order chi connectivity index (χ1) is 16.5. The quantitative estimate of drug-likeness (QED) is 0.244. The van der Waals surface area contributed by atoms with Gasteiger partial charge >= 0.3 is 0 Å². The molecule has 0 aliphatic carbocycles. The van der Waals surface area contributed by atoms with Gasteiger partial charge in [0.1, 0.15) is 5.69 Å². The molecule has 0 fully saturated rings. The summed E-state index contributed by atoms with van der Waals surface area (Å²) in [5, 5.41) is 32.5. The van der Waals surface area contributed by atoms with E-state index in [-0.39, 0.29) is 33.6 Å². The summed E-state index contributed by atoms with van der Waals surface area (Å²) in [6.45, 7) is 23.7. The molecule has 37 heavy (non-hydrogen) atoms. The van der Waals surface area contributed by atoms with E-state index in [0.717, 1.165) is 11.1 Å². The van der Waals surface area contributed by atoms with Crippen molar-refractivity contribution in [3.05, 3.63) is 66.7 Å². The van der Waals surface area contributed by atoms with Gasteiger partial charge in [-0.3, -0.25) is 25.7 Å². The largest absolute Gasteiger partial charge is 0.300 e. The summed E-state index contributed by atoms with van der Waals surface area (Å²) in [6.07, 6.45) is 0. The molecule has 2 rings (SSSR count). The Kier molecular flexibility index (Phi) is 7.94. The van der Waals surface area contributed by atoms with Gasteiger partial charge in [-0.05, 0) is 57.1 Å². The van der Waals surface area contributed by atoms with Crippen LogP contribution >= 0.6 is 0 Å². The van der Waals surface area contributed by atoms with E-state index in [1.807, 2.05) is 95.2 Å². The van der Waals surface area contributed by atoms with Crippen molar-refractivity contribution in [2.24, 2.45) is 10.3 Å². The van der Waals surface area contributed by atoms with Gasteiger partial charge in [0.2, 0.25) is 0 Å². The third-order valence-electron chi connectivity index (χ3n) is 6.24. The lowest BCUT2D eigenvalue weighted by Gasteiger charge is -2.26. The van der Waals surface area contributed by atoms with Gasteiger partial charge in [-0.1, -0.05) is 88.3 Å². The SMILES string of the molecule is CC(C)(C)c1cc(N=NNc2cc(C(C)(C)C)cc(C(C)(C)C)c2[N+](=O)[O-])c([N+](=O)[O-])c(C(C)(C)C)c1. The molecular formula is C28H41N5O4. The van der Waals surface area contributed by atoms with Crippen molar-refractivity contribution in [3.63, 3.8) is 0 Å². The molecule has 0 aromatic heterocycles. The van der Waals surface area contributed by atoms with E-state index in [9.17, 15) is 20.2 Å². The highest BCUT2D eigenvalue weighted by Crippen LogP contribution is 2.43. The summed E-state index contributed by atoms with van der Waals surface area (Å²) in [5.41, 5.74) is 4.15. The molecule has 9 heteroatoms. The van der Waals surface area contributed by atoms with Crippen molar-refractivity contribution < 1.29 is 9.85 Å². The zero-order valence-electron chi connectivity index (χ0n) is 24.2. The van der Waals surface area contributed by atoms with Crippen molar-refractivity contribution >= 4 is 22.7 Å². The summed E-state index contributed by atoms with van der Waals surface area (Å²) in [7, 11) is 0. The van der Waals surface area contributed by atoms with E-state index in [1.54, 1.807) is 12.1 Å². The fraction of sp³-hybridized carbons (Fsp3) is 0.571. The maximum absolute atomic E-state index is 12.1. The lowest BCUT2D eigenvalue weighted by molar-refractivity contribution is -0.385. The van der Waals surface area contributed by atoms with E-state index in [0.29, 0.717) is 11.1 Å². The second kappa shape index (κ2) is 9.84. The van der Waals surface area contributed by atoms with Gasteiger partial charge in [0, 0.05) is 11.1 Å². The number of nitro benzene ring substituents is 2. The topological polar surface area (TPSA) is 123 Å². The molecule has 0 saturated carbocycles. The van der Waals surface area contributed by atoms with E-state index >= 15 is 0 Å². The molecule has 1 N–H and O–H groups in total. The van der Waals surface area contributed by atoms with Crippen LogP contribution in [0.4, 0.5) is 22.7 Å². The molecule has 0 unspecified atom stereocenters. The Labute approximate surface area is 220 Å². The molecule has 2 aromatic carbocycles. The zero-order chi connectivity index (χ0) is 28.7. The molecule has 0 spiro atoms. The number of hydrogen-bond acceptors (Lipinski definition) is 6. The van der Waals surface area contributed by atoms with Crippen LogP contribution in [0.3, 0.4) is 0 Å². The molecule has 0 aliphatic heterocycles. The second-order valence-corrected chi connectivity index (χ2v) is 13.6. The van der Waals surface area contributed by atoms with Crippen molar-refractivity contribution in [3.8, 4) is 0 Å². The smallest absolute Gasteiger partial charge is 0.258 e. The second-order valence-electron chi connectivity index (χ2n) is 13.6. The standard InChI is InChI=1S/C28H41N5O4/c1-25(2,3)17-13-19(27(7,8)9)23(32(34)35)21(15-17)29-31-30-22-16-18(26(4,5)6)14-20(28(10,11)12)24(22)33(36)37/h13-16H,1-12H3,(H,29,30). The van der Waals surface area contributed by atoms with Crippen LogP contribution in [0.25, 0.3) is 0 Å². The summed E-state index contributed by atoms with van der Waals surface area (Å²) < 4.78 is 0. The van der Waals surface area contributed by atoms with Crippen LogP contribution in [0.2, 0.25) is 0 Å². The van der Waals surface area contributed by atoms with Crippen LogP contribution in [0, 0.1) is 20.2 Å². The van der Waals surface area contributed by atoms with E-state index in [1.165, 1.54) is 0 Å². The minimum absolute atomic E-state index is 0.0900. The van der Waals surface area contributed by atoms with Crippen molar-refractivity contribution in [1.29, 1.82) is 0 Å². The predicted octanol–water partition coefficient (Wildman–Crippen LogP) is 8.80. The lowest BCUT2D eigenvalue weighted by atomic mass is 9.79. The van der Waals surface area contributed by atoms with E-state index < -0.39 is 20.7 Å². The van der Waals surface area contributed by atoms with Gasteiger partial charge in [-0.25, -0.2) is 0 Å². The normalized spacial score (nSPS) is 13.2. The first-order valence-corrected chi connectivity index (χ1v) is 12.4. The molecule has 0 heterocycles. The third kappa shape index (κ3) is 6.90. The zero-order valence-corrected chi connectivity index (χ0v) is 24.2. The Bertz CT molecular complexity index is 1240. The van der Waals surface area contributed by atoms with Gasteiger partial charge in [-0.15, -0.1) is 5.11 Å². The highest BCUT2D eigenvalue weighted by molar-refractivity contribution is 5.69. The van der Waals surface area contributed by atoms with Crippen molar-refractivity contribution in [2.45, 2.75) is 105 Å². The molecule has 202 valence electrons. The van der Waals surface area contributed by atoms with Crippen LogP contribution in [-0.2, 0) is 21.7 Å². The van der Waals surface area contributed by atoms with Crippen molar-refractivity contribution in [1.82, 2.24) is 0 Å². The third-order valence-corrected chi connectivity index (χ3v) is 6.24. The molecule has 0 saturated heterocycles. The van der Waals surface area contributed by atoms with E-state index in [2.05, 4.69) is 15.8 Å². The Hall–Kier alpha value is -3.36. The summed E-state index contributed by atoms with van der Waals surface area (Å²) >= 11 is 0. The van der Waals surface area contributed by atoms with Crippen molar-refractivity contribution in [2.75, 3.05) is 5.43 Å². The van der Waals surface area contributed by atoms with Gasteiger partial charge < -0.3 is 0 Å². The number of benzene rings is 2. The highest BCUT2D eigenvalue weighted by Gasteiger charge is 2.33. The fourth-order valence-corrected chi connectivity index (χ4v) is 3.95. The maximum Gasteiger partial charge on any atom is 0.300 e. The van der Waals surface area contributed by atoms with Crippen LogP contribution in [0.1, 0.15) is 105 Å². The van der Waals surface area contributed by atoms with Crippen LogP contribution < -0.4 is 5.43 Å². The molecular weight excluding hydrogens is 470 g/mol. The highest BCUT2D eigenvalue weighted by atomic mass is 16.6. The Morgan fingerprint density at radius 1 is 0.622 bits per heavy atom. The molecule has 0 atom stereocenters. The molecule has 0 aliphatic rings. The number of rotatable bonds is 5. The molecule has 2 aromatic rings. The Balaban J connectivity index is 2.77. The van der Waals surface area contributed by atoms with Crippen LogP contribution in [0.5, 0.6) is 0 Å². The average molecular weight is 512 g/mol. The number of hydrogen-bond donors (Lipinski definition) is 1. The average Bonchev–Trinajstić information content (AvgIpc) is 2.69. The summed E-state index contributed by atoms with van der Waals surface area (Å²) in [5.74, 6) is 0. The van der Waals surface area contributed by atoms with E-state index in [4.69, 9.17) is 0 Å². The first kappa shape index (κ1) is 29.9. The number of nitrogens with zero attached hydrogens (tertiary/aromatic N) is 4. The minimum atomic E-state index is -0.511. The minimum Gasteiger partial charge on any atom is -0.258 e. The fourth-order valence-electron chi connectivity index (χ4n) is 3.95. The van der Waals surface area contributed by atoms with Gasteiger partial charge in [0.15, 0.2) is 5.69 Å². The summed E-state index contributed by atoms with van der Waals surface area (Å²) in [4.78, 5) is 23.4. The first-order valence-electron chi connectivity index (χ1n) is 12.4. The monoisotopic (exact) mass is 511 g/mol. The molecule has 0 radical (unpaired) electrons. The number of anilines is 1. The molecule has 9 nitrogen and oxygen atoms in total. The predicted molar refractivity (Wildman–Crippen MR) is 149 cm³/mol. The molecule has 0 bridgehead atoms. The maximum atomic E-state index is 12.1. The van der Waals surface area contributed by atoms with Gasteiger partial charge in [0.05, 0.1) is 9.85 Å². The Morgan fingerprint density at radius 3 is 1.41 bits per heavy atom. The summed E-state index contributed by atoms with van der Waals surface area (Å²) in [6, 6.07) is 7.09. The lowest BCUT2D eigenvalue weighted by Crippen LogP contribution is -2.19.